The minimum atomic E-state index is -3.65. The summed E-state index contributed by atoms with van der Waals surface area (Å²) in [6.07, 6.45) is 2.46. The van der Waals surface area contributed by atoms with Gasteiger partial charge in [0.2, 0.25) is 0 Å². The molecule has 0 radical (unpaired) electrons. The van der Waals surface area contributed by atoms with Crippen LogP contribution in [0.25, 0.3) is 0 Å². The van der Waals surface area contributed by atoms with Crippen LogP contribution in [0.4, 0.5) is 5.69 Å². The van der Waals surface area contributed by atoms with Crippen molar-refractivity contribution in [2.45, 2.75) is 57.4 Å². The van der Waals surface area contributed by atoms with Crippen molar-refractivity contribution in [2.75, 3.05) is 17.9 Å². The first-order chi connectivity index (χ1) is 14.3. The van der Waals surface area contributed by atoms with Gasteiger partial charge in [-0.3, -0.25) is 9.10 Å². The van der Waals surface area contributed by atoms with E-state index in [1.165, 1.54) is 4.31 Å². The van der Waals surface area contributed by atoms with Crippen LogP contribution in [-0.4, -0.2) is 33.1 Å². The number of rotatable bonds is 7. The standard InChI is InChI=1S/C21H26N2O4S.C2H6/c1-15-11-12-17-19(14-15)28(26,27)23(2)18-9-6-5-8-16(18)21(17)22-13-7-3-4-10-20(24)25;1-2/h5-6,8-9,11-12,14,21-22H,3-4,7,10,13H2,1-2H3,(H,24,25);1-2H3. The molecule has 164 valence electrons. The SMILES string of the molecule is CC.Cc1ccc2c(c1)S(=O)(=O)N(C)c1ccccc1C2NCCCCCC(=O)O. The monoisotopic (exact) mass is 432 g/mol. The molecule has 1 aliphatic rings. The van der Waals surface area contributed by atoms with Gasteiger partial charge in [0, 0.05) is 13.5 Å². The fourth-order valence-corrected chi connectivity index (χ4v) is 5.15. The van der Waals surface area contributed by atoms with Gasteiger partial charge in [-0.05, 0) is 55.1 Å². The molecule has 0 aromatic heterocycles. The molecule has 6 nitrogen and oxygen atoms in total. The van der Waals surface area contributed by atoms with Crippen molar-refractivity contribution < 1.29 is 18.3 Å². The van der Waals surface area contributed by atoms with Crippen molar-refractivity contribution in [1.82, 2.24) is 5.32 Å². The zero-order chi connectivity index (χ0) is 22.3. The first kappa shape index (κ1) is 23.9. The van der Waals surface area contributed by atoms with Gasteiger partial charge in [-0.25, -0.2) is 8.42 Å². The summed E-state index contributed by atoms with van der Waals surface area (Å²) in [6, 6.07) is 12.9. The van der Waals surface area contributed by atoms with E-state index >= 15 is 0 Å². The molecule has 7 heteroatoms. The Hall–Kier alpha value is -2.38. The van der Waals surface area contributed by atoms with E-state index in [2.05, 4.69) is 5.32 Å². The number of unbranched alkanes of at least 4 members (excludes halogenated alkanes) is 2. The third-order valence-electron chi connectivity index (χ3n) is 5.12. The van der Waals surface area contributed by atoms with Crippen molar-refractivity contribution in [1.29, 1.82) is 0 Å². The molecule has 0 saturated carbocycles. The van der Waals surface area contributed by atoms with E-state index in [1.54, 1.807) is 13.1 Å². The molecule has 1 heterocycles. The zero-order valence-corrected chi connectivity index (χ0v) is 19.0. The Kier molecular flexibility index (Phi) is 8.43. The quantitative estimate of drug-likeness (QED) is 0.630. The normalized spacial score (nSPS) is 16.5. The number of para-hydroxylation sites is 1. The molecular weight excluding hydrogens is 400 g/mol. The van der Waals surface area contributed by atoms with Crippen LogP contribution in [0.5, 0.6) is 0 Å². The van der Waals surface area contributed by atoms with Gasteiger partial charge in [-0.15, -0.1) is 0 Å². The number of aryl methyl sites for hydroxylation is 1. The van der Waals surface area contributed by atoms with Gasteiger partial charge >= 0.3 is 5.97 Å². The number of carbonyl (C=O) groups is 1. The maximum Gasteiger partial charge on any atom is 0.303 e. The molecule has 0 bridgehead atoms. The summed E-state index contributed by atoms with van der Waals surface area (Å²) in [4.78, 5) is 11.0. The second-order valence-electron chi connectivity index (χ2n) is 7.16. The second-order valence-corrected chi connectivity index (χ2v) is 9.10. The Morgan fingerprint density at radius 3 is 2.47 bits per heavy atom. The van der Waals surface area contributed by atoms with E-state index in [0.29, 0.717) is 23.5 Å². The van der Waals surface area contributed by atoms with E-state index in [1.807, 2.05) is 57.2 Å². The van der Waals surface area contributed by atoms with Gasteiger partial charge in [0.1, 0.15) is 0 Å². The van der Waals surface area contributed by atoms with E-state index < -0.39 is 16.0 Å². The van der Waals surface area contributed by atoms with Crippen LogP contribution in [0.15, 0.2) is 47.4 Å². The molecule has 0 aliphatic carbocycles. The number of aliphatic carboxylic acids is 1. The zero-order valence-electron chi connectivity index (χ0n) is 18.2. The lowest BCUT2D eigenvalue weighted by atomic mass is 9.96. The molecule has 0 amide bonds. The molecule has 2 aromatic carbocycles. The first-order valence-electron chi connectivity index (χ1n) is 10.5. The highest BCUT2D eigenvalue weighted by molar-refractivity contribution is 7.92. The Balaban J connectivity index is 0.00000155. The minimum Gasteiger partial charge on any atom is -0.481 e. The summed E-state index contributed by atoms with van der Waals surface area (Å²) >= 11 is 0. The third-order valence-corrected chi connectivity index (χ3v) is 6.95. The van der Waals surface area contributed by atoms with Gasteiger partial charge in [-0.2, -0.15) is 0 Å². The number of hydrogen-bond donors (Lipinski definition) is 2. The topological polar surface area (TPSA) is 86.7 Å². The lowest BCUT2D eigenvalue weighted by Gasteiger charge is -2.22. The summed E-state index contributed by atoms with van der Waals surface area (Å²) in [7, 11) is -2.05. The molecule has 0 fully saturated rings. The molecular formula is C23H32N2O4S. The fourth-order valence-electron chi connectivity index (χ4n) is 3.61. The summed E-state index contributed by atoms with van der Waals surface area (Å²) in [5, 5.41) is 12.2. The average molecular weight is 433 g/mol. The average Bonchev–Trinajstić information content (AvgIpc) is 2.80. The van der Waals surface area contributed by atoms with E-state index in [0.717, 1.165) is 29.5 Å². The van der Waals surface area contributed by atoms with Crippen molar-refractivity contribution in [2.24, 2.45) is 0 Å². The van der Waals surface area contributed by atoms with Crippen LogP contribution in [0.1, 0.15) is 62.3 Å². The number of hydrogen-bond acceptors (Lipinski definition) is 4. The van der Waals surface area contributed by atoms with Crippen molar-refractivity contribution >= 4 is 21.7 Å². The maximum atomic E-state index is 13.2. The predicted molar refractivity (Wildman–Crippen MR) is 121 cm³/mol. The van der Waals surface area contributed by atoms with Crippen LogP contribution in [-0.2, 0) is 14.8 Å². The second kappa shape index (κ2) is 10.6. The van der Waals surface area contributed by atoms with Crippen LogP contribution >= 0.6 is 0 Å². The fraction of sp³-hybridized carbons (Fsp3) is 0.435. The smallest absolute Gasteiger partial charge is 0.303 e. The predicted octanol–water partition coefficient (Wildman–Crippen LogP) is 4.48. The number of fused-ring (bicyclic) bond motifs is 2. The van der Waals surface area contributed by atoms with Crippen molar-refractivity contribution in [3.8, 4) is 0 Å². The number of benzene rings is 2. The Bertz CT molecular complexity index is 973. The highest BCUT2D eigenvalue weighted by Gasteiger charge is 2.34. The third kappa shape index (κ3) is 5.21. The molecule has 0 spiro atoms. The lowest BCUT2D eigenvalue weighted by Crippen LogP contribution is -2.26. The summed E-state index contributed by atoms with van der Waals surface area (Å²) in [6.45, 7) is 6.56. The van der Waals surface area contributed by atoms with E-state index in [-0.39, 0.29) is 12.5 Å². The molecule has 2 aromatic rings. The van der Waals surface area contributed by atoms with Crippen LogP contribution in [0.3, 0.4) is 0 Å². The van der Waals surface area contributed by atoms with Gasteiger partial charge < -0.3 is 10.4 Å². The molecule has 3 rings (SSSR count). The number of carboxylic acids is 1. The Morgan fingerprint density at radius 2 is 1.77 bits per heavy atom. The largest absolute Gasteiger partial charge is 0.481 e. The molecule has 1 aliphatic heterocycles. The lowest BCUT2D eigenvalue weighted by molar-refractivity contribution is -0.137. The molecule has 1 unspecified atom stereocenters. The van der Waals surface area contributed by atoms with Crippen molar-refractivity contribution in [3.63, 3.8) is 0 Å². The molecule has 1 atom stereocenters. The van der Waals surface area contributed by atoms with Gasteiger partial charge in [0.15, 0.2) is 0 Å². The Labute approximate surface area is 180 Å². The van der Waals surface area contributed by atoms with E-state index in [4.69, 9.17) is 5.11 Å². The highest BCUT2D eigenvalue weighted by atomic mass is 32.2. The maximum absolute atomic E-state index is 13.2. The van der Waals surface area contributed by atoms with Gasteiger partial charge in [-0.1, -0.05) is 50.6 Å². The summed E-state index contributed by atoms with van der Waals surface area (Å²) in [5.41, 5.74) is 3.23. The number of sulfonamides is 1. The van der Waals surface area contributed by atoms with Gasteiger partial charge in [0.25, 0.3) is 10.0 Å². The highest BCUT2D eigenvalue weighted by Crippen LogP contribution is 2.40. The number of carboxylic acid groups (broad SMARTS) is 1. The molecule has 30 heavy (non-hydrogen) atoms. The molecule has 2 N–H and O–H groups in total. The van der Waals surface area contributed by atoms with Crippen LogP contribution in [0.2, 0.25) is 0 Å². The number of nitrogens with zero attached hydrogens (tertiary/aromatic N) is 1. The Morgan fingerprint density at radius 1 is 1.07 bits per heavy atom. The first-order valence-corrected chi connectivity index (χ1v) is 11.9. The summed E-state index contributed by atoms with van der Waals surface area (Å²) in [5.74, 6) is -0.775. The van der Waals surface area contributed by atoms with E-state index in [9.17, 15) is 13.2 Å². The summed E-state index contributed by atoms with van der Waals surface area (Å²) < 4.78 is 27.8. The number of anilines is 1. The minimum absolute atomic E-state index is 0.178. The molecule has 0 saturated heterocycles. The van der Waals surface area contributed by atoms with Crippen LogP contribution in [0, 0.1) is 6.92 Å². The van der Waals surface area contributed by atoms with Crippen molar-refractivity contribution in [3.05, 3.63) is 59.2 Å². The van der Waals surface area contributed by atoms with Crippen LogP contribution < -0.4 is 9.62 Å². The number of nitrogens with one attached hydrogen (secondary N) is 1. The van der Waals surface area contributed by atoms with Gasteiger partial charge in [0.05, 0.1) is 16.6 Å².